The zero-order chi connectivity index (χ0) is 13.1. The molecule has 18 heavy (non-hydrogen) atoms. The quantitative estimate of drug-likeness (QED) is 0.923. The molecule has 2 aromatic rings. The van der Waals surface area contributed by atoms with Crippen LogP contribution in [-0.4, -0.2) is 9.55 Å². The molecule has 0 spiro atoms. The lowest BCUT2D eigenvalue weighted by Crippen LogP contribution is -2.13. The number of imidazole rings is 1. The Kier molecular flexibility index (Phi) is 3.66. The minimum Gasteiger partial charge on any atom is -0.323 e. The maximum atomic E-state index is 8.82. The van der Waals surface area contributed by atoms with Gasteiger partial charge in [-0.15, -0.1) is 0 Å². The van der Waals surface area contributed by atoms with Crippen LogP contribution < -0.4 is 5.73 Å². The number of halogens is 1. The van der Waals surface area contributed by atoms with Gasteiger partial charge in [-0.1, -0.05) is 18.5 Å². The van der Waals surface area contributed by atoms with E-state index >= 15 is 0 Å². The maximum Gasteiger partial charge on any atom is 0.0995 e. The summed E-state index contributed by atoms with van der Waals surface area (Å²) in [4.78, 5) is 4.11. The van der Waals surface area contributed by atoms with Crippen molar-refractivity contribution in [2.45, 2.75) is 19.4 Å². The Labute approximate surface area is 111 Å². The molecule has 1 atom stereocenters. The molecule has 0 aliphatic heterocycles. The van der Waals surface area contributed by atoms with Gasteiger partial charge in [0.25, 0.3) is 0 Å². The molecule has 0 radical (unpaired) electrons. The van der Waals surface area contributed by atoms with Crippen molar-refractivity contribution in [3.8, 4) is 11.8 Å². The SMILES string of the molecule is CC[C@@H](N)c1cncn1-c1ccc(C#N)cc1Cl. The fourth-order valence-corrected chi connectivity index (χ4v) is 2.03. The first kappa shape index (κ1) is 12.6. The van der Waals surface area contributed by atoms with E-state index in [-0.39, 0.29) is 6.04 Å². The first-order valence-corrected chi connectivity index (χ1v) is 6.03. The van der Waals surface area contributed by atoms with E-state index < -0.39 is 0 Å². The van der Waals surface area contributed by atoms with Gasteiger partial charge < -0.3 is 10.3 Å². The van der Waals surface area contributed by atoms with Gasteiger partial charge in [0.15, 0.2) is 0 Å². The standard InChI is InChI=1S/C13H13ClN4/c1-2-11(16)13-7-17-8-18(13)12-4-3-9(6-15)5-10(12)14/h3-5,7-8,11H,2,16H2,1H3/t11-/m1/s1. The van der Waals surface area contributed by atoms with Crippen LogP contribution in [0.3, 0.4) is 0 Å². The van der Waals surface area contributed by atoms with Crippen molar-refractivity contribution in [3.05, 3.63) is 47.0 Å². The third-order valence-corrected chi connectivity index (χ3v) is 3.13. The van der Waals surface area contributed by atoms with E-state index in [0.717, 1.165) is 17.8 Å². The van der Waals surface area contributed by atoms with Gasteiger partial charge in [0.05, 0.1) is 40.6 Å². The summed E-state index contributed by atoms with van der Waals surface area (Å²) in [6.07, 6.45) is 4.24. The Morgan fingerprint density at radius 3 is 2.94 bits per heavy atom. The van der Waals surface area contributed by atoms with E-state index in [0.29, 0.717) is 10.6 Å². The van der Waals surface area contributed by atoms with Crippen LogP contribution in [0, 0.1) is 11.3 Å². The van der Waals surface area contributed by atoms with Crippen LogP contribution in [-0.2, 0) is 0 Å². The molecule has 0 bridgehead atoms. The van der Waals surface area contributed by atoms with E-state index in [1.54, 1.807) is 30.7 Å². The molecule has 2 N–H and O–H groups in total. The van der Waals surface area contributed by atoms with Gasteiger partial charge in [0, 0.05) is 6.04 Å². The Morgan fingerprint density at radius 2 is 2.33 bits per heavy atom. The second-order valence-corrected chi connectivity index (χ2v) is 4.39. The van der Waals surface area contributed by atoms with Gasteiger partial charge in [-0.25, -0.2) is 4.98 Å². The summed E-state index contributed by atoms with van der Waals surface area (Å²) in [6, 6.07) is 7.13. The Morgan fingerprint density at radius 1 is 1.56 bits per heavy atom. The summed E-state index contributed by atoms with van der Waals surface area (Å²) < 4.78 is 1.86. The molecule has 4 nitrogen and oxygen atoms in total. The van der Waals surface area contributed by atoms with Crippen molar-refractivity contribution in [1.29, 1.82) is 5.26 Å². The second-order valence-electron chi connectivity index (χ2n) is 3.98. The fraction of sp³-hybridized carbons (Fsp3) is 0.231. The molecule has 0 aliphatic rings. The molecule has 92 valence electrons. The molecular weight excluding hydrogens is 248 g/mol. The molecule has 0 amide bonds. The van der Waals surface area contributed by atoms with E-state index in [4.69, 9.17) is 22.6 Å². The van der Waals surface area contributed by atoms with Crippen LogP contribution >= 0.6 is 11.6 Å². The van der Waals surface area contributed by atoms with Crippen molar-refractivity contribution in [1.82, 2.24) is 9.55 Å². The highest BCUT2D eigenvalue weighted by Crippen LogP contribution is 2.25. The minimum atomic E-state index is -0.0841. The van der Waals surface area contributed by atoms with Gasteiger partial charge in [-0.3, -0.25) is 0 Å². The predicted octanol–water partition coefficient (Wildman–Crippen LogP) is 2.81. The van der Waals surface area contributed by atoms with Gasteiger partial charge in [0.2, 0.25) is 0 Å². The van der Waals surface area contributed by atoms with Gasteiger partial charge in [-0.2, -0.15) is 5.26 Å². The Hall–Kier alpha value is -1.83. The molecule has 0 saturated carbocycles. The van der Waals surface area contributed by atoms with Gasteiger partial charge >= 0.3 is 0 Å². The zero-order valence-electron chi connectivity index (χ0n) is 9.97. The van der Waals surface area contributed by atoms with Crippen molar-refractivity contribution >= 4 is 11.6 Å². The van der Waals surface area contributed by atoms with Crippen LogP contribution in [0.15, 0.2) is 30.7 Å². The predicted molar refractivity (Wildman–Crippen MR) is 70.5 cm³/mol. The summed E-state index contributed by atoms with van der Waals surface area (Å²) in [6.45, 7) is 2.02. The van der Waals surface area contributed by atoms with Crippen molar-refractivity contribution < 1.29 is 0 Å². The number of nitrogens with zero attached hydrogens (tertiary/aromatic N) is 3. The number of hydrogen-bond donors (Lipinski definition) is 1. The zero-order valence-corrected chi connectivity index (χ0v) is 10.7. The molecule has 1 aromatic carbocycles. The molecule has 0 unspecified atom stereocenters. The van der Waals surface area contributed by atoms with Crippen molar-refractivity contribution in [2.24, 2.45) is 5.73 Å². The first-order valence-electron chi connectivity index (χ1n) is 5.65. The summed E-state index contributed by atoms with van der Waals surface area (Å²) in [5, 5.41) is 9.33. The average Bonchev–Trinajstić information content (AvgIpc) is 2.86. The normalized spacial score (nSPS) is 12.1. The molecule has 0 saturated heterocycles. The lowest BCUT2D eigenvalue weighted by molar-refractivity contribution is 0.660. The van der Waals surface area contributed by atoms with E-state index in [9.17, 15) is 0 Å². The number of rotatable bonds is 3. The van der Waals surface area contributed by atoms with Gasteiger partial charge in [-0.05, 0) is 24.6 Å². The third-order valence-electron chi connectivity index (χ3n) is 2.82. The number of nitrogens with two attached hydrogens (primary N) is 1. The average molecular weight is 261 g/mol. The largest absolute Gasteiger partial charge is 0.323 e. The lowest BCUT2D eigenvalue weighted by atomic mass is 10.1. The monoisotopic (exact) mass is 260 g/mol. The first-order chi connectivity index (χ1) is 8.67. The van der Waals surface area contributed by atoms with E-state index in [1.165, 1.54) is 0 Å². The molecule has 1 aromatic heterocycles. The van der Waals surface area contributed by atoms with E-state index in [1.807, 2.05) is 11.5 Å². The minimum absolute atomic E-state index is 0.0841. The maximum absolute atomic E-state index is 8.82. The smallest absolute Gasteiger partial charge is 0.0995 e. The van der Waals surface area contributed by atoms with Crippen LogP contribution in [0.1, 0.15) is 30.6 Å². The number of hydrogen-bond acceptors (Lipinski definition) is 3. The molecule has 5 heteroatoms. The Balaban J connectivity index is 2.50. The molecule has 2 rings (SSSR count). The second kappa shape index (κ2) is 5.21. The molecule has 0 aliphatic carbocycles. The van der Waals surface area contributed by atoms with Crippen LogP contribution in [0.2, 0.25) is 5.02 Å². The number of aromatic nitrogens is 2. The number of benzene rings is 1. The Bertz CT molecular complexity index is 597. The summed E-state index contributed by atoms with van der Waals surface area (Å²) >= 11 is 6.18. The lowest BCUT2D eigenvalue weighted by Gasteiger charge is -2.14. The van der Waals surface area contributed by atoms with Crippen molar-refractivity contribution in [2.75, 3.05) is 0 Å². The van der Waals surface area contributed by atoms with Crippen LogP contribution in [0.5, 0.6) is 0 Å². The highest BCUT2D eigenvalue weighted by Gasteiger charge is 2.13. The molecule has 0 fully saturated rings. The fourth-order valence-electron chi connectivity index (χ4n) is 1.76. The summed E-state index contributed by atoms with van der Waals surface area (Å²) in [5.74, 6) is 0. The van der Waals surface area contributed by atoms with Crippen molar-refractivity contribution in [3.63, 3.8) is 0 Å². The third kappa shape index (κ3) is 2.23. The van der Waals surface area contributed by atoms with Crippen LogP contribution in [0.4, 0.5) is 0 Å². The highest BCUT2D eigenvalue weighted by atomic mass is 35.5. The molecule has 1 heterocycles. The molecular formula is C13H13ClN4. The van der Waals surface area contributed by atoms with E-state index in [2.05, 4.69) is 11.1 Å². The topological polar surface area (TPSA) is 67.6 Å². The van der Waals surface area contributed by atoms with Crippen LogP contribution in [0.25, 0.3) is 5.69 Å². The summed E-state index contributed by atoms with van der Waals surface area (Å²) in [5.41, 5.74) is 8.25. The summed E-state index contributed by atoms with van der Waals surface area (Å²) in [7, 11) is 0. The number of nitriles is 1. The highest BCUT2D eigenvalue weighted by molar-refractivity contribution is 6.32. The van der Waals surface area contributed by atoms with Gasteiger partial charge in [0.1, 0.15) is 0 Å².